The fourth-order valence-electron chi connectivity index (χ4n) is 2.56. The van der Waals surface area contributed by atoms with Crippen LogP contribution in [0.5, 0.6) is 0 Å². The van der Waals surface area contributed by atoms with Gasteiger partial charge in [-0.1, -0.05) is 5.21 Å². The molecule has 1 aromatic heterocycles. The molecule has 0 aliphatic carbocycles. The monoisotopic (exact) mass is 271 g/mol. The number of aliphatic hydroxyl groups is 2. The number of aliphatic hydroxyl groups excluding tert-OH is 2. The summed E-state index contributed by atoms with van der Waals surface area (Å²) in [6, 6.07) is -0.329. The molecule has 0 aromatic carbocycles. The summed E-state index contributed by atoms with van der Waals surface area (Å²) in [5.74, 6) is -0.728. The molecule has 2 aliphatic heterocycles. The lowest BCUT2D eigenvalue weighted by molar-refractivity contribution is -0.212. The average molecular weight is 271 g/mol. The van der Waals surface area contributed by atoms with E-state index < -0.39 is 18.2 Å². The van der Waals surface area contributed by atoms with Gasteiger partial charge in [-0.2, -0.15) is 0 Å². The van der Waals surface area contributed by atoms with E-state index in [1.165, 1.54) is 0 Å². The molecular formula is C11H17N3O5. The Morgan fingerprint density at radius 2 is 2.16 bits per heavy atom. The molecule has 3 rings (SSSR count). The zero-order valence-corrected chi connectivity index (χ0v) is 10.8. The van der Waals surface area contributed by atoms with Crippen molar-refractivity contribution in [1.82, 2.24) is 15.0 Å². The fourth-order valence-corrected chi connectivity index (χ4v) is 2.56. The minimum Gasteiger partial charge on any atom is -0.394 e. The Morgan fingerprint density at radius 3 is 2.79 bits per heavy atom. The molecule has 0 saturated carbocycles. The molecule has 2 saturated heterocycles. The van der Waals surface area contributed by atoms with E-state index in [-0.39, 0.29) is 25.4 Å². The Morgan fingerprint density at radius 1 is 1.37 bits per heavy atom. The van der Waals surface area contributed by atoms with Crippen LogP contribution in [0.3, 0.4) is 0 Å². The van der Waals surface area contributed by atoms with E-state index in [0.717, 1.165) is 0 Å². The molecule has 8 nitrogen and oxygen atoms in total. The highest BCUT2D eigenvalue weighted by Gasteiger charge is 2.55. The third-order valence-electron chi connectivity index (χ3n) is 3.32. The van der Waals surface area contributed by atoms with E-state index in [1.807, 2.05) is 0 Å². The van der Waals surface area contributed by atoms with Gasteiger partial charge >= 0.3 is 0 Å². The maximum Gasteiger partial charge on any atom is 0.189 e. The van der Waals surface area contributed by atoms with Gasteiger partial charge in [0, 0.05) is 0 Å². The van der Waals surface area contributed by atoms with E-state index >= 15 is 0 Å². The molecule has 19 heavy (non-hydrogen) atoms. The predicted molar refractivity (Wildman–Crippen MR) is 60.8 cm³/mol. The van der Waals surface area contributed by atoms with Crippen LogP contribution in [-0.4, -0.2) is 56.1 Å². The van der Waals surface area contributed by atoms with Gasteiger partial charge in [-0.25, -0.2) is 4.68 Å². The topological polar surface area (TPSA) is 98.9 Å². The number of aromatic nitrogens is 3. The molecule has 2 fully saturated rings. The summed E-state index contributed by atoms with van der Waals surface area (Å²) in [6.45, 7) is 3.26. The first-order valence-electron chi connectivity index (χ1n) is 6.17. The first-order valence-corrected chi connectivity index (χ1v) is 6.17. The Hall–Kier alpha value is -1.06. The number of fused-ring (bicyclic) bond motifs is 1. The average Bonchev–Trinajstić information content (AvgIpc) is 2.99. The normalized spacial score (nSPS) is 36.6. The van der Waals surface area contributed by atoms with Crippen LogP contribution in [0.15, 0.2) is 6.20 Å². The van der Waals surface area contributed by atoms with Crippen LogP contribution in [0.2, 0.25) is 0 Å². The third-order valence-corrected chi connectivity index (χ3v) is 3.32. The highest BCUT2D eigenvalue weighted by molar-refractivity contribution is 4.99. The van der Waals surface area contributed by atoms with Crippen LogP contribution in [-0.2, 0) is 20.8 Å². The molecule has 0 amide bonds. The van der Waals surface area contributed by atoms with E-state index in [1.54, 1.807) is 24.7 Å². The lowest BCUT2D eigenvalue weighted by atomic mass is 10.1. The summed E-state index contributed by atoms with van der Waals surface area (Å²) in [5, 5.41) is 26.2. The van der Waals surface area contributed by atoms with E-state index in [2.05, 4.69) is 10.3 Å². The summed E-state index contributed by atoms with van der Waals surface area (Å²) < 4.78 is 18.6. The number of hydrogen-bond acceptors (Lipinski definition) is 7. The van der Waals surface area contributed by atoms with Crippen LogP contribution < -0.4 is 0 Å². The standard InChI is InChI=1S/C11H17N3O5/c1-11(2)18-9-8(7(5-16)17-10(9)19-11)14-3-6(4-15)12-13-14/h3,7-10,15-16H,4-5H2,1-2H3/t7-,8+,9-,10-/m1/s1. The second-order valence-corrected chi connectivity index (χ2v) is 5.16. The second kappa shape index (κ2) is 4.50. The van der Waals surface area contributed by atoms with Crippen molar-refractivity contribution in [2.24, 2.45) is 0 Å². The highest BCUT2D eigenvalue weighted by atomic mass is 16.8. The first kappa shape index (κ1) is 12.9. The number of nitrogens with zero attached hydrogens (tertiary/aromatic N) is 3. The van der Waals surface area contributed by atoms with E-state index in [9.17, 15) is 5.11 Å². The lowest BCUT2D eigenvalue weighted by Crippen LogP contribution is -2.34. The van der Waals surface area contributed by atoms with Crippen molar-refractivity contribution in [3.63, 3.8) is 0 Å². The maximum absolute atomic E-state index is 9.40. The first-order chi connectivity index (χ1) is 9.04. The molecule has 3 heterocycles. The lowest BCUT2D eigenvalue weighted by Gasteiger charge is -2.24. The van der Waals surface area contributed by atoms with Crippen LogP contribution in [0.1, 0.15) is 25.6 Å². The zero-order valence-electron chi connectivity index (χ0n) is 10.8. The second-order valence-electron chi connectivity index (χ2n) is 5.16. The maximum atomic E-state index is 9.40. The predicted octanol–water partition coefficient (Wildman–Crippen LogP) is -0.820. The van der Waals surface area contributed by atoms with E-state index in [4.69, 9.17) is 19.3 Å². The van der Waals surface area contributed by atoms with Gasteiger partial charge in [-0.05, 0) is 13.8 Å². The van der Waals surface area contributed by atoms with Crippen molar-refractivity contribution in [2.75, 3.05) is 6.61 Å². The summed E-state index contributed by atoms with van der Waals surface area (Å²) >= 11 is 0. The van der Waals surface area contributed by atoms with Crippen LogP contribution in [0.4, 0.5) is 0 Å². The molecule has 8 heteroatoms. The molecular weight excluding hydrogens is 254 g/mol. The molecule has 1 aromatic rings. The quantitative estimate of drug-likeness (QED) is 0.741. The molecule has 2 N–H and O–H groups in total. The molecule has 0 radical (unpaired) electrons. The van der Waals surface area contributed by atoms with Gasteiger partial charge in [-0.15, -0.1) is 5.10 Å². The number of rotatable bonds is 3. The van der Waals surface area contributed by atoms with Gasteiger partial charge in [0.05, 0.1) is 19.4 Å². The zero-order chi connectivity index (χ0) is 13.6. The molecule has 0 spiro atoms. The molecule has 0 bridgehead atoms. The summed E-state index contributed by atoms with van der Waals surface area (Å²) in [5.41, 5.74) is 0.457. The van der Waals surface area contributed by atoms with E-state index in [0.29, 0.717) is 5.69 Å². The molecule has 2 aliphatic rings. The van der Waals surface area contributed by atoms with Gasteiger partial charge in [0.15, 0.2) is 12.1 Å². The Balaban J connectivity index is 1.88. The Bertz CT molecular complexity index is 463. The highest BCUT2D eigenvalue weighted by Crippen LogP contribution is 2.42. The summed E-state index contributed by atoms with van der Waals surface area (Å²) in [4.78, 5) is 0. The van der Waals surface area contributed by atoms with Crippen molar-refractivity contribution < 1.29 is 24.4 Å². The molecule has 0 unspecified atom stereocenters. The summed E-state index contributed by atoms with van der Waals surface area (Å²) in [6.07, 6.45) is 0.256. The SMILES string of the molecule is CC1(C)O[C@H]2O[C@H](CO)[C@H](n3cc(CO)nn3)[C@H]2O1. The smallest absolute Gasteiger partial charge is 0.189 e. The van der Waals surface area contributed by atoms with Crippen molar-refractivity contribution in [3.05, 3.63) is 11.9 Å². The van der Waals surface area contributed by atoms with Gasteiger partial charge < -0.3 is 24.4 Å². The van der Waals surface area contributed by atoms with Crippen molar-refractivity contribution >= 4 is 0 Å². The number of hydrogen-bond donors (Lipinski definition) is 2. The van der Waals surface area contributed by atoms with Gasteiger partial charge in [0.2, 0.25) is 0 Å². The van der Waals surface area contributed by atoms with Crippen LogP contribution in [0, 0.1) is 0 Å². The number of ether oxygens (including phenoxy) is 3. The van der Waals surface area contributed by atoms with Crippen LogP contribution >= 0.6 is 0 Å². The van der Waals surface area contributed by atoms with Crippen molar-refractivity contribution in [1.29, 1.82) is 0 Å². The Kier molecular flexibility index (Phi) is 3.06. The minimum absolute atomic E-state index is 0.168. The summed E-state index contributed by atoms with van der Waals surface area (Å²) in [7, 11) is 0. The fraction of sp³-hybridized carbons (Fsp3) is 0.818. The van der Waals surface area contributed by atoms with Gasteiger partial charge in [0.1, 0.15) is 23.9 Å². The molecule has 4 atom stereocenters. The largest absolute Gasteiger partial charge is 0.394 e. The van der Waals surface area contributed by atoms with Crippen LogP contribution in [0.25, 0.3) is 0 Å². The third kappa shape index (κ3) is 2.15. The Labute approximate surface area is 109 Å². The molecule has 106 valence electrons. The van der Waals surface area contributed by atoms with Gasteiger partial charge in [-0.3, -0.25) is 0 Å². The minimum atomic E-state index is -0.728. The van der Waals surface area contributed by atoms with Crippen molar-refractivity contribution in [2.45, 2.75) is 50.8 Å². The van der Waals surface area contributed by atoms with Gasteiger partial charge in [0.25, 0.3) is 0 Å². The van der Waals surface area contributed by atoms with Crippen molar-refractivity contribution in [3.8, 4) is 0 Å².